The van der Waals surface area contributed by atoms with Crippen molar-refractivity contribution in [1.29, 1.82) is 0 Å². The monoisotopic (exact) mass is 305 g/mol. The zero-order valence-corrected chi connectivity index (χ0v) is 11.8. The first-order valence-electron chi connectivity index (χ1n) is 5.91. The summed E-state index contributed by atoms with van der Waals surface area (Å²) in [5.41, 5.74) is 0. The zero-order chi connectivity index (χ0) is 14.0. The molecule has 0 aromatic carbocycles. The van der Waals surface area contributed by atoms with Gasteiger partial charge in [-0.25, -0.2) is 13.2 Å². The molecule has 8 heteroatoms. The maximum Gasteiger partial charge on any atom is 0.345 e. The number of aliphatic hydroxyl groups excluding tert-OH is 1. The summed E-state index contributed by atoms with van der Waals surface area (Å²) in [5.74, 6) is -1.13. The maximum absolute atomic E-state index is 12.4. The van der Waals surface area contributed by atoms with E-state index >= 15 is 0 Å². The topological polar surface area (TPSA) is 94.9 Å². The van der Waals surface area contributed by atoms with Crippen LogP contribution in [0.15, 0.2) is 16.3 Å². The lowest BCUT2D eigenvalue weighted by Crippen LogP contribution is -2.35. The van der Waals surface area contributed by atoms with E-state index in [0.717, 1.165) is 24.2 Å². The minimum atomic E-state index is -3.65. The Morgan fingerprint density at radius 1 is 1.53 bits per heavy atom. The van der Waals surface area contributed by atoms with Gasteiger partial charge in [-0.3, -0.25) is 0 Å². The molecule has 2 heterocycles. The van der Waals surface area contributed by atoms with Gasteiger partial charge in [-0.1, -0.05) is 0 Å². The normalized spacial score (nSPS) is 20.8. The fraction of sp³-hybridized carbons (Fsp3) is 0.545. The van der Waals surface area contributed by atoms with Crippen molar-refractivity contribution in [3.8, 4) is 0 Å². The predicted molar refractivity (Wildman–Crippen MR) is 69.9 cm³/mol. The highest BCUT2D eigenvalue weighted by Gasteiger charge is 2.35. The molecule has 2 rings (SSSR count). The number of rotatable bonds is 5. The van der Waals surface area contributed by atoms with Crippen LogP contribution in [0.4, 0.5) is 0 Å². The first kappa shape index (κ1) is 14.4. The van der Waals surface area contributed by atoms with E-state index in [1.807, 2.05) is 0 Å². The van der Waals surface area contributed by atoms with Crippen molar-refractivity contribution >= 4 is 27.3 Å². The second kappa shape index (κ2) is 5.58. The van der Waals surface area contributed by atoms with E-state index in [0.29, 0.717) is 13.0 Å². The average molecular weight is 305 g/mol. The number of aromatic carboxylic acids is 1. The quantitative estimate of drug-likeness (QED) is 0.845. The third-order valence-corrected chi connectivity index (χ3v) is 6.18. The lowest BCUT2D eigenvalue weighted by molar-refractivity contribution is 0.0702. The van der Waals surface area contributed by atoms with E-state index in [1.54, 1.807) is 0 Å². The Morgan fingerprint density at radius 2 is 2.26 bits per heavy atom. The van der Waals surface area contributed by atoms with Crippen LogP contribution in [0, 0.1) is 0 Å². The molecule has 2 N–H and O–H groups in total. The Hall–Kier alpha value is -0.960. The Bertz CT molecular complexity index is 565. The summed E-state index contributed by atoms with van der Waals surface area (Å²) in [6.07, 6.45) is 1.91. The Balaban J connectivity index is 2.28. The van der Waals surface area contributed by atoms with Crippen LogP contribution < -0.4 is 0 Å². The van der Waals surface area contributed by atoms with Crippen molar-refractivity contribution in [2.24, 2.45) is 0 Å². The zero-order valence-electron chi connectivity index (χ0n) is 10.2. The van der Waals surface area contributed by atoms with Gasteiger partial charge in [-0.2, -0.15) is 4.31 Å². The van der Waals surface area contributed by atoms with Crippen molar-refractivity contribution in [1.82, 2.24) is 4.31 Å². The summed E-state index contributed by atoms with van der Waals surface area (Å²) < 4.78 is 26.2. The molecule has 0 bridgehead atoms. The number of hydrogen-bond donors (Lipinski definition) is 2. The average Bonchev–Trinajstić information content (AvgIpc) is 2.97. The molecule has 0 amide bonds. The van der Waals surface area contributed by atoms with Crippen LogP contribution in [0.5, 0.6) is 0 Å². The summed E-state index contributed by atoms with van der Waals surface area (Å²) in [4.78, 5) is 10.8. The largest absolute Gasteiger partial charge is 0.477 e. The van der Waals surface area contributed by atoms with Gasteiger partial charge in [-0.15, -0.1) is 11.3 Å². The number of carboxylic acid groups (broad SMARTS) is 1. The van der Waals surface area contributed by atoms with E-state index in [-0.39, 0.29) is 22.4 Å². The fourth-order valence-electron chi connectivity index (χ4n) is 2.26. The summed E-state index contributed by atoms with van der Waals surface area (Å²) in [5, 5.41) is 19.1. The molecule has 1 fully saturated rings. The van der Waals surface area contributed by atoms with Crippen molar-refractivity contribution in [2.75, 3.05) is 13.2 Å². The van der Waals surface area contributed by atoms with Gasteiger partial charge < -0.3 is 10.2 Å². The smallest absolute Gasteiger partial charge is 0.345 e. The van der Waals surface area contributed by atoms with Gasteiger partial charge in [0.1, 0.15) is 4.88 Å². The van der Waals surface area contributed by atoms with Gasteiger partial charge in [-0.05, 0) is 25.3 Å². The molecule has 6 nitrogen and oxygen atoms in total. The standard InChI is InChI=1S/C11H15NO5S2/c13-5-3-8-2-1-4-12(8)19(16,17)9-6-10(11(14)15)18-7-9/h6-8,13H,1-5H2,(H,14,15). The highest BCUT2D eigenvalue weighted by atomic mass is 32.2. The summed E-state index contributed by atoms with van der Waals surface area (Å²) in [6.45, 7) is 0.367. The number of nitrogens with zero attached hydrogens (tertiary/aromatic N) is 1. The molecule has 0 spiro atoms. The fourth-order valence-corrected chi connectivity index (χ4v) is 5.09. The van der Waals surface area contributed by atoms with Gasteiger partial charge >= 0.3 is 5.97 Å². The minimum absolute atomic E-state index is 0.0106. The van der Waals surface area contributed by atoms with Crippen molar-refractivity contribution < 1.29 is 23.4 Å². The van der Waals surface area contributed by atoms with Gasteiger partial charge in [0.15, 0.2) is 0 Å². The highest BCUT2D eigenvalue weighted by molar-refractivity contribution is 7.89. The van der Waals surface area contributed by atoms with E-state index in [9.17, 15) is 13.2 Å². The van der Waals surface area contributed by atoms with Crippen LogP contribution in [-0.4, -0.2) is 48.1 Å². The molecular formula is C11H15NO5S2. The van der Waals surface area contributed by atoms with Crippen LogP contribution in [0.2, 0.25) is 0 Å². The van der Waals surface area contributed by atoms with E-state index in [4.69, 9.17) is 10.2 Å². The molecule has 0 saturated carbocycles. The Labute approximate surface area is 115 Å². The van der Waals surface area contributed by atoms with Crippen LogP contribution in [0.3, 0.4) is 0 Å². The number of hydrogen-bond acceptors (Lipinski definition) is 5. The molecule has 1 atom stereocenters. The molecule has 1 aliphatic rings. The lowest BCUT2D eigenvalue weighted by Gasteiger charge is -2.22. The van der Waals surface area contributed by atoms with Gasteiger partial charge in [0.25, 0.3) is 0 Å². The molecular weight excluding hydrogens is 290 g/mol. The number of aliphatic hydroxyl groups is 1. The van der Waals surface area contributed by atoms with E-state index in [2.05, 4.69) is 0 Å². The molecule has 106 valence electrons. The number of sulfonamides is 1. The molecule has 1 saturated heterocycles. The van der Waals surface area contributed by atoms with Crippen molar-refractivity contribution in [2.45, 2.75) is 30.2 Å². The summed E-state index contributed by atoms with van der Waals surface area (Å²) in [6, 6.07) is 1.000. The molecule has 0 radical (unpaired) electrons. The van der Waals surface area contributed by atoms with Crippen LogP contribution in [0.1, 0.15) is 28.9 Å². The van der Waals surface area contributed by atoms with Crippen LogP contribution in [0.25, 0.3) is 0 Å². The molecule has 19 heavy (non-hydrogen) atoms. The minimum Gasteiger partial charge on any atom is -0.477 e. The number of carbonyl (C=O) groups is 1. The van der Waals surface area contributed by atoms with E-state index < -0.39 is 16.0 Å². The second-order valence-corrected chi connectivity index (χ2v) is 7.18. The van der Waals surface area contributed by atoms with Gasteiger partial charge in [0.2, 0.25) is 10.0 Å². The van der Waals surface area contributed by atoms with Crippen molar-refractivity contribution in [3.05, 3.63) is 16.3 Å². The summed E-state index contributed by atoms with van der Waals surface area (Å²) >= 11 is 0.903. The van der Waals surface area contributed by atoms with Crippen molar-refractivity contribution in [3.63, 3.8) is 0 Å². The lowest BCUT2D eigenvalue weighted by atomic mass is 10.2. The second-order valence-electron chi connectivity index (χ2n) is 4.38. The molecule has 0 aliphatic carbocycles. The summed E-state index contributed by atoms with van der Waals surface area (Å²) in [7, 11) is -3.65. The third kappa shape index (κ3) is 2.81. The Morgan fingerprint density at radius 3 is 2.84 bits per heavy atom. The van der Waals surface area contributed by atoms with E-state index in [1.165, 1.54) is 15.8 Å². The van der Waals surface area contributed by atoms with Crippen LogP contribution in [-0.2, 0) is 10.0 Å². The molecule has 1 aliphatic heterocycles. The number of carboxylic acids is 1. The SMILES string of the molecule is O=C(O)c1cc(S(=O)(=O)N2CCCC2CCO)cs1. The Kier molecular flexibility index (Phi) is 4.24. The number of thiophene rings is 1. The highest BCUT2D eigenvalue weighted by Crippen LogP contribution is 2.29. The van der Waals surface area contributed by atoms with Gasteiger partial charge in [0.05, 0.1) is 4.90 Å². The first-order valence-corrected chi connectivity index (χ1v) is 8.23. The maximum atomic E-state index is 12.4. The predicted octanol–water partition coefficient (Wildman–Crippen LogP) is 0.982. The van der Waals surface area contributed by atoms with Gasteiger partial charge in [0, 0.05) is 24.6 Å². The first-order chi connectivity index (χ1) is 8.96. The molecule has 1 unspecified atom stereocenters. The molecule has 1 aromatic heterocycles. The van der Waals surface area contributed by atoms with Crippen LogP contribution >= 0.6 is 11.3 Å². The third-order valence-electron chi connectivity index (χ3n) is 3.18. The molecule has 1 aromatic rings.